The zero-order chi connectivity index (χ0) is 16.5. The predicted molar refractivity (Wildman–Crippen MR) is 81.5 cm³/mol. The Balaban J connectivity index is 1.69. The molecule has 7 heteroatoms. The number of hydrogen-bond donors (Lipinski definition) is 1. The van der Waals surface area contributed by atoms with Crippen LogP contribution >= 0.6 is 0 Å². The molecule has 0 saturated carbocycles. The first-order chi connectivity index (χ1) is 11.2. The Labute approximate surface area is 133 Å². The second-order valence-electron chi connectivity index (χ2n) is 4.38. The summed E-state index contributed by atoms with van der Waals surface area (Å²) in [6.45, 7) is 0.162. The summed E-state index contributed by atoms with van der Waals surface area (Å²) >= 11 is 0. The van der Waals surface area contributed by atoms with E-state index >= 15 is 0 Å². The van der Waals surface area contributed by atoms with Crippen molar-refractivity contribution in [2.45, 2.75) is 0 Å². The molecule has 0 atom stereocenters. The smallest absolute Gasteiger partial charge is 0.497 e. The first kappa shape index (κ1) is 16.3. The molecule has 2 rings (SSSR count). The normalized spacial score (nSPS) is 9.78. The van der Waals surface area contributed by atoms with E-state index in [0.29, 0.717) is 17.1 Å². The highest BCUT2D eigenvalue weighted by Crippen LogP contribution is 2.19. The van der Waals surface area contributed by atoms with Crippen LogP contribution in [0, 0.1) is 0 Å². The van der Waals surface area contributed by atoms with E-state index in [4.69, 9.17) is 14.2 Å². The highest BCUT2D eigenvalue weighted by Gasteiger charge is 2.08. The van der Waals surface area contributed by atoms with Crippen LogP contribution in [0.15, 0.2) is 48.8 Å². The van der Waals surface area contributed by atoms with Crippen molar-refractivity contribution in [3.8, 4) is 11.5 Å². The number of pyridine rings is 1. The van der Waals surface area contributed by atoms with Crippen molar-refractivity contribution in [3.63, 3.8) is 0 Å². The predicted octanol–water partition coefficient (Wildman–Crippen LogP) is 2.04. The lowest BCUT2D eigenvalue weighted by molar-refractivity contribution is 0.0878. The number of methoxy groups -OCH3 is 1. The quantitative estimate of drug-likeness (QED) is 0.498. The van der Waals surface area contributed by atoms with Crippen molar-refractivity contribution in [1.82, 2.24) is 10.3 Å². The van der Waals surface area contributed by atoms with Crippen molar-refractivity contribution in [1.29, 1.82) is 0 Å². The van der Waals surface area contributed by atoms with Crippen LogP contribution < -0.4 is 14.8 Å². The maximum absolute atomic E-state index is 11.7. The van der Waals surface area contributed by atoms with Crippen molar-refractivity contribution in [3.05, 3.63) is 54.4 Å². The molecular weight excluding hydrogens is 300 g/mol. The Bertz CT molecular complexity index is 661. The van der Waals surface area contributed by atoms with Gasteiger partial charge in [-0.2, -0.15) is 0 Å². The van der Waals surface area contributed by atoms with Gasteiger partial charge in [0.2, 0.25) is 0 Å². The Kier molecular flexibility index (Phi) is 5.93. The fourth-order valence-electron chi connectivity index (χ4n) is 1.69. The third-order valence-corrected chi connectivity index (χ3v) is 2.77. The average Bonchev–Trinajstić information content (AvgIpc) is 2.59. The Morgan fingerprint density at radius 1 is 1.17 bits per heavy atom. The molecule has 0 saturated heterocycles. The molecule has 0 aliphatic heterocycles. The van der Waals surface area contributed by atoms with Gasteiger partial charge in [0, 0.05) is 18.5 Å². The van der Waals surface area contributed by atoms with Crippen molar-refractivity contribution >= 4 is 12.1 Å². The number of ether oxygens (including phenoxy) is 3. The molecule has 0 spiro atoms. The van der Waals surface area contributed by atoms with Gasteiger partial charge < -0.3 is 19.5 Å². The molecule has 23 heavy (non-hydrogen) atoms. The van der Waals surface area contributed by atoms with E-state index in [1.54, 1.807) is 42.6 Å². The maximum Gasteiger partial charge on any atom is 0.513 e. The second kappa shape index (κ2) is 8.38. The summed E-state index contributed by atoms with van der Waals surface area (Å²) in [4.78, 5) is 27.1. The molecule has 0 aliphatic rings. The van der Waals surface area contributed by atoms with Crippen LogP contribution in [-0.2, 0) is 4.74 Å². The van der Waals surface area contributed by atoms with Gasteiger partial charge in [-0.25, -0.2) is 4.79 Å². The molecule has 1 amide bonds. The Hall–Kier alpha value is -3.09. The van der Waals surface area contributed by atoms with Crippen LogP contribution in [0.3, 0.4) is 0 Å². The lowest BCUT2D eigenvalue weighted by Crippen LogP contribution is -2.28. The topological polar surface area (TPSA) is 86.8 Å². The van der Waals surface area contributed by atoms with Gasteiger partial charge in [-0.05, 0) is 24.3 Å². The minimum absolute atomic E-state index is 0.00515. The van der Waals surface area contributed by atoms with Gasteiger partial charge in [0.1, 0.15) is 18.1 Å². The lowest BCUT2D eigenvalue weighted by atomic mass is 10.3. The Morgan fingerprint density at radius 2 is 2.00 bits per heavy atom. The molecule has 7 nitrogen and oxygen atoms in total. The second-order valence-corrected chi connectivity index (χ2v) is 4.38. The van der Waals surface area contributed by atoms with E-state index in [-0.39, 0.29) is 19.1 Å². The van der Waals surface area contributed by atoms with E-state index in [2.05, 4.69) is 10.3 Å². The average molecular weight is 316 g/mol. The number of hydrogen-bond acceptors (Lipinski definition) is 6. The van der Waals surface area contributed by atoms with Gasteiger partial charge in [-0.3, -0.25) is 9.78 Å². The number of nitrogens with one attached hydrogen (secondary N) is 1. The highest BCUT2D eigenvalue weighted by molar-refractivity contribution is 5.93. The van der Waals surface area contributed by atoms with E-state index < -0.39 is 6.16 Å². The molecule has 0 bridgehead atoms. The summed E-state index contributed by atoms with van der Waals surface area (Å²) in [6.07, 6.45) is 2.18. The van der Waals surface area contributed by atoms with E-state index in [1.807, 2.05) is 0 Å². The number of carbonyl (C=O) groups is 2. The van der Waals surface area contributed by atoms with Gasteiger partial charge in [0.15, 0.2) is 0 Å². The number of nitrogens with zero attached hydrogens (tertiary/aromatic N) is 1. The van der Waals surface area contributed by atoms with Gasteiger partial charge >= 0.3 is 6.16 Å². The van der Waals surface area contributed by atoms with Gasteiger partial charge in [0.05, 0.1) is 19.2 Å². The minimum Gasteiger partial charge on any atom is -0.497 e. The van der Waals surface area contributed by atoms with Crippen molar-refractivity contribution < 1.29 is 23.8 Å². The van der Waals surface area contributed by atoms with Crippen LogP contribution in [0.1, 0.15) is 10.4 Å². The maximum atomic E-state index is 11.7. The SMILES string of the molecule is COc1cccc(OC(=O)OCCNC(=O)c2cccnc2)c1. The molecule has 2 aromatic rings. The largest absolute Gasteiger partial charge is 0.513 e. The molecule has 0 fully saturated rings. The zero-order valence-corrected chi connectivity index (χ0v) is 12.5. The number of amides is 1. The summed E-state index contributed by atoms with van der Waals surface area (Å²) in [5.41, 5.74) is 0.437. The molecule has 1 aromatic carbocycles. The zero-order valence-electron chi connectivity index (χ0n) is 12.5. The molecule has 1 N–H and O–H groups in total. The fraction of sp³-hybridized carbons (Fsp3) is 0.188. The number of rotatable bonds is 6. The first-order valence-electron chi connectivity index (χ1n) is 6.86. The van der Waals surface area contributed by atoms with Crippen molar-refractivity contribution in [2.75, 3.05) is 20.3 Å². The van der Waals surface area contributed by atoms with Crippen molar-refractivity contribution in [2.24, 2.45) is 0 Å². The third-order valence-electron chi connectivity index (χ3n) is 2.77. The summed E-state index contributed by atoms with van der Waals surface area (Å²) < 4.78 is 14.9. The molecule has 1 aromatic heterocycles. The van der Waals surface area contributed by atoms with E-state index in [0.717, 1.165) is 0 Å². The standard InChI is InChI=1S/C16H16N2O5/c1-21-13-5-2-6-14(10-13)23-16(20)22-9-8-18-15(19)12-4-3-7-17-11-12/h2-7,10-11H,8-9H2,1H3,(H,18,19). The summed E-state index contributed by atoms with van der Waals surface area (Å²) in [6, 6.07) is 9.89. The van der Waals surface area contributed by atoms with Gasteiger partial charge in [0.25, 0.3) is 5.91 Å². The summed E-state index contributed by atoms with van der Waals surface area (Å²) in [5, 5.41) is 2.60. The Morgan fingerprint density at radius 3 is 2.74 bits per heavy atom. The third kappa shape index (κ3) is 5.31. The fourth-order valence-corrected chi connectivity index (χ4v) is 1.69. The van der Waals surface area contributed by atoms with Crippen LogP contribution in [0.4, 0.5) is 4.79 Å². The number of carbonyl (C=O) groups excluding carboxylic acids is 2. The van der Waals surface area contributed by atoms with Gasteiger partial charge in [-0.1, -0.05) is 6.07 Å². The minimum atomic E-state index is -0.853. The molecule has 0 unspecified atom stereocenters. The molecular formula is C16H16N2O5. The summed E-state index contributed by atoms with van der Waals surface area (Å²) in [7, 11) is 1.52. The summed E-state index contributed by atoms with van der Waals surface area (Å²) in [5.74, 6) is 0.593. The first-order valence-corrected chi connectivity index (χ1v) is 6.86. The highest BCUT2D eigenvalue weighted by atomic mass is 16.7. The van der Waals surface area contributed by atoms with Crippen LogP contribution in [-0.4, -0.2) is 37.3 Å². The van der Waals surface area contributed by atoms with E-state index in [9.17, 15) is 9.59 Å². The number of benzene rings is 1. The molecule has 0 aliphatic carbocycles. The molecule has 120 valence electrons. The molecule has 1 heterocycles. The monoisotopic (exact) mass is 316 g/mol. The van der Waals surface area contributed by atoms with Crippen LogP contribution in [0.5, 0.6) is 11.5 Å². The van der Waals surface area contributed by atoms with Crippen LogP contribution in [0.2, 0.25) is 0 Å². The number of aromatic nitrogens is 1. The lowest BCUT2D eigenvalue weighted by Gasteiger charge is -2.08. The molecule has 0 radical (unpaired) electrons. The van der Waals surface area contributed by atoms with Gasteiger partial charge in [-0.15, -0.1) is 0 Å². The van der Waals surface area contributed by atoms with E-state index in [1.165, 1.54) is 13.3 Å². The van der Waals surface area contributed by atoms with Crippen LogP contribution in [0.25, 0.3) is 0 Å².